The lowest BCUT2D eigenvalue weighted by Gasteiger charge is -2.02. The normalized spacial score (nSPS) is 10.9. The van der Waals surface area contributed by atoms with Crippen molar-refractivity contribution in [3.63, 3.8) is 0 Å². The predicted octanol–water partition coefficient (Wildman–Crippen LogP) is 3.62. The van der Waals surface area contributed by atoms with E-state index >= 15 is 0 Å². The Balaban J connectivity index is 1.63. The number of nitrogens with one attached hydrogen (secondary N) is 2. The molecule has 1 amide bonds. The Bertz CT molecular complexity index is 830. The molecule has 1 aromatic carbocycles. The van der Waals surface area contributed by atoms with Crippen LogP contribution in [0.3, 0.4) is 0 Å². The minimum atomic E-state index is -0.966. The van der Waals surface area contributed by atoms with E-state index in [1.54, 1.807) is 12.1 Å². The molecule has 0 saturated heterocycles. The number of hydrogen-bond acceptors (Lipinski definition) is 4. The molecule has 0 unspecified atom stereocenters. The van der Waals surface area contributed by atoms with Crippen molar-refractivity contribution < 1.29 is 13.6 Å². The van der Waals surface area contributed by atoms with E-state index in [9.17, 15) is 13.6 Å². The van der Waals surface area contributed by atoms with Gasteiger partial charge in [0, 0.05) is 18.3 Å². The summed E-state index contributed by atoms with van der Waals surface area (Å²) in [5.74, 6) is -1.76. The fraction of sp³-hybridized carbons (Fsp3) is 0.0714. The largest absolute Gasteiger partial charge is 0.333 e. The molecular weight excluding hydrogens is 346 g/mol. The van der Waals surface area contributed by atoms with Crippen LogP contribution in [-0.2, 0) is 4.79 Å². The number of aromatic amines is 1. The van der Waals surface area contributed by atoms with Gasteiger partial charge in [0.15, 0.2) is 16.8 Å². The molecule has 2 heterocycles. The van der Waals surface area contributed by atoms with Gasteiger partial charge >= 0.3 is 0 Å². The van der Waals surface area contributed by atoms with Crippen LogP contribution in [0.2, 0.25) is 5.02 Å². The Morgan fingerprint density at radius 3 is 2.83 bits per heavy atom. The van der Waals surface area contributed by atoms with Gasteiger partial charge in [-0.25, -0.2) is 18.7 Å². The number of halogens is 3. The summed E-state index contributed by atoms with van der Waals surface area (Å²) in [5, 5.41) is 3.46. The third-order valence-electron chi connectivity index (χ3n) is 2.84. The molecule has 0 saturated carbocycles. The molecule has 2 N–H and O–H groups in total. The fourth-order valence-corrected chi connectivity index (χ4v) is 2.61. The number of amides is 1. The maximum atomic E-state index is 13.1. The van der Waals surface area contributed by atoms with E-state index in [-0.39, 0.29) is 11.7 Å². The first-order valence-corrected chi connectivity index (χ1v) is 7.76. The van der Waals surface area contributed by atoms with Crippen molar-refractivity contribution in [3.05, 3.63) is 47.1 Å². The van der Waals surface area contributed by atoms with Crippen molar-refractivity contribution in [2.75, 3.05) is 11.1 Å². The summed E-state index contributed by atoms with van der Waals surface area (Å²) in [7, 11) is 0. The number of thioether (sulfide) groups is 1. The molecule has 0 fully saturated rings. The number of rotatable bonds is 4. The molecule has 118 valence electrons. The smallest absolute Gasteiger partial charge is 0.236 e. The highest BCUT2D eigenvalue weighted by Gasteiger charge is 2.11. The number of imidazole rings is 1. The third kappa shape index (κ3) is 3.77. The first kappa shape index (κ1) is 15.7. The van der Waals surface area contributed by atoms with Crippen LogP contribution in [0.15, 0.2) is 35.6 Å². The first-order chi connectivity index (χ1) is 11.0. The highest BCUT2D eigenvalue weighted by atomic mass is 35.5. The monoisotopic (exact) mass is 354 g/mol. The Hall–Kier alpha value is -2.19. The molecule has 2 aromatic heterocycles. The topological polar surface area (TPSA) is 70.7 Å². The van der Waals surface area contributed by atoms with Gasteiger partial charge in [0.05, 0.1) is 21.8 Å². The van der Waals surface area contributed by atoms with Crippen LogP contribution in [0.4, 0.5) is 14.6 Å². The molecule has 3 aromatic rings. The van der Waals surface area contributed by atoms with Gasteiger partial charge in [-0.2, -0.15) is 0 Å². The lowest BCUT2D eigenvalue weighted by Crippen LogP contribution is -2.14. The zero-order valence-electron chi connectivity index (χ0n) is 11.4. The van der Waals surface area contributed by atoms with Crippen LogP contribution in [-0.4, -0.2) is 26.6 Å². The van der Waals surface area contributed by atoms with Gasteiger partial charge in [-0.1, -0.05) is 23.4 Å². The molecule has 0 bridgehead atoms. The predicted molar refractivity (Wildman–Crippen MR) is 84.6 cm³/mol. The van der Waals surface area contributed by atoms with Crippen molar-refractivity contribution in [1.29, 1.82) is 0 Å². The number of hydrogen-bond donors (Lipinski definition) is 2. The highest BCUT2D eigenvalue weighted by molar-refractivity contribution is 7.99. The second kappa shape index (κ2) is 6.51. The molecule has 0 aliphatic carbocycles. The van der Waals surface area contributed by atoms with Gasteiger partial charge in [0.25, 0.3) is 0 Å². The Morgan fingerprint density at radius 1 is 1.30 bits per heavy atom. The Labute approximate surface area is 138 Å². The summed E-state index contributed by atoms with van der Waals surface area (Å²) in [5.41, 5.74) is 0.664. The molecule has 0 spiro atoms. The number of benzene rings is 1. The number of H-pyrrole nitrogens is 1. The van der Waals surface area contributed by atoms with Crippen LogP contribution in [0.25, 0.3) is 11.0 Å². The van der Waals surface area contributed by atoms with Gasteiger partial charge in [-0.15, -0.1) is 0 Å². The molecule has 23 heavy (non-hydrogen) atoms. The van der Waals surface area contributed by atoms with E-state index in [0.29, 0.717) is 27.0 Å². The lowest BCUT2D eigenvalue weighted by atomic mass is 10.3. The van der Waals surface area contributed by atoms with Gasteiger partial charge in [0.1, 0.15) is 5.82 Å². The summed E-state index contributed by atoms with van der Waals surface area (Å²) >= 11 is 6.82. The number of aromatic nitrogens is 3. The molecule has 0 radical (unpaired) electrons. The minimum Gasteiger partial charge on any atom is -0.333 e. The summed E-state index contributed by atoms with van der Waals surface area (Å²) in [6, 6.07) is 5.22. The summed E-state index contributed by atoms with van der Waals surface area (Å²) < 4.78 is 26.3. The number of fused-ring (bicyclic) bond motifs is 1. The van der Waals surface area contributed by atoms with E-state index in [2.05, 4.69) is 20.3 Å². The average molecular weight is 355 g/mol. The van der Waals surface area contributed by atoms with Crippen molar-refractivity contribution in [2.45, 2.75) is 5.16 Å². The lowest BCUT2D eigenvalue weighted by molar-refractivity contribution is -0.113. The van der Waals surface area contributed by atoms with E-state index in [0.717, 1.165) is 23.9 Å². The van der Waals surface area contributed by atoms with Gasteiger partial charge < -0.3 is 10.3 Å². The van der Waals surface area contributed by atoms with E-state index in [4.69, 9.17) is 11.6 Å². The second-order valence-electron chi connectivity index (χ2n) is 4.52. The quantitative estimate of drug-likeness (QED) is 0.702. The average Bonchev–Trinajstić information content (AvgIpc) is 2.90. The van der Waals surface area contributed by atoms with Gasteiger partial charge in [-0.05, 0) is 12.1 Å². The Kier molecular flexibility index (Phi) is 4.44. The standard InChI is InChI=1S/C14H9ClF2N4OS/c15-7-1-2-12(18-5-7)21-13(22)6-23-14-19-10-3-8(16)9(17)4-11(10)20-14/h1-5H,6H2,(H,19,20)(H,18,21,22). The van der Waals surface area contributed by atoms with Crippen molar-refractivity contribution in [1.82, 2.24) is 15.0 Å². The van der Waals surface area contributed by atoms with Crippen molar-refractivity contribution in [3.8, 4) is 0 Å². The maximum absolute atomic E-state index is 13.1. The minimum absolute atomic E-state index is 0.0646. The summed E-state index contributed by atoms with van der Waals surface area (Å²) in [6.45, 7) is 0. The molecular formula is C14H9ClF2N4OS. The van der Waals surface area contributed by atoms with Gasteiger partial charge in [0.2, 0.25) is 5.91 Å². The second-order valence-corrected chi connectivity index (χ2v) is 5.92. The van der Waals surface area contributed by atoms with Crippen LogP contribution in [0.5, 0.6) is 0 Å². The zero-order valence-corrected chi connectivity index (χ0v) is 13.0. The van der Waals surface area contributed by atoms with Crippen LogP contribution < -0.4 is 5.32 Å². The van der Waals surface area contributed by atoms with E-state index in [1.165, 1.54) is 6.20 Å². The highest BCUT2D eigenvalue weighted by Crippen LogP contribution is 2.22. The molecule has 0 aliphatic heterocycles. The van der Waals surface area contributed by atoms with Gasteiger partial charge in [-0.3, -0.25) is 4.79 Å². The summed E-state index contributed by atoms with van der Waals surface area (Å²) in [6.07, 6.45) is 1.42. The number of carbonyl (C=O) groups is 1. The van der Waals surface area contributed by atoms with E-state index < -0.39 is 11.6 Å². The molecule has 0 atom stereocenters. The maximum Gasteiger partial charge on any atom is 0.236 e. The van der Waals surface area contributed by atoms with Crippen LogP contribution in [0.1, 0.15) is 0 Å². The molecule has 3 rings (SSSR count). The molecule has 9 heteroatoms. The fourth-order valence-electron chi connectivity index (χ4n) is 1.81. The van der Waals surface area contributed by atoms with E-state index in [1.807, 2.05) is 0 Å². The zero-order chi connectivity index (χ0) is 16.4. The number of pyridine rings is 1. The van der Waals surface area contributed by atoms with Crippen molar-refractivity contribution in [2.24, 2.45) is 0 Å². The molecule has 0 aliphatic rings. The summed E-state index contributed by atoms with van der Waals surface area (Å²) in [4.78, 5) is 22.7. The number of nitrogens with zero attached hydrogens (tertiary/aromatic N) is 2. The molecule has 5 nitrogen and oxygen atoms in total. The van der Waals surface area contributed by atoms with Crippen LogP contribution >= 0.6 is 23.4 Å². The third-order valence-corrected chi connectivity index (χ3v) is 3.93. The van der Waals surface area contributed by atoms with Crippen molar-refractivity contribution >= 4 is 46.1 Å². The number of anilines is 1. The number of carbonyl (C=O) groups excluding carboxylic acids is 1. The first-order valence-electron chi connectivity index (χ1n) is 6.40. The SMILES string of the molecule is O=C(CSc1nc2cc(F)c(F)cc2[nH]1)Nc1ccc(Cl)cn1. The Morgan fingerprint density at radius 2 is 2.09 bits per heavy atom. The van der Waals surface area contributed by atoms with Crippen LogP contribution in [0, 0.1) is 11.6 Å².